The number of nitrogens with two attached hydrogens (primary N) is 1. The summed E-state index contributed by atoms with van der Waals surface area (Å²) in [5.74, 6) is 0.281. The summed E-state index contributed by atoms with van der Waals surface area (Å²) in [5, 5.41) is 5.43. The molecular formula is C14H17Cl2N3OS. The van der Waals surface area contributed by atoms with Gasteiger partial charge in [0.2, 0.25) is 0 Å². The predicted molar refractivity (Wildman–Crippen MR) is 88.3 cm³/mol. The lowest BCUT2D eigenvalue weighted by atomic mass is 10.3. The Bertz CT molecular complexity index is 685. The first-order valence-corrected chi connectivity index (χ1v) is 8.72. The van der Waals surface area contributed by atoms with E-state index in [2.05, 4.69) is 5.10 Å². The summed E-state index contributed by atoms with van der Waals surface area (Å²) >= 11 is 12.4. The number of hydrogen-bond donors (Lipinski definition) is 1. The smallest absolute Gasteiger partial charge is 0.0859 e. The highest BCUT2D eigenvalue weighted by molar-refractivity contribution is 7.84. The van der Waals surface area contributed by atoms with Gasteiger partial charge in [0.05, 0.1) is 42.9 Å². The van der Waals surface area contributed by atoms with Crippen molar-refractivity contribution in [2.75, 3.05) is 5.73 Å². The molecule has 2 rings (SSSR count). The summed E-state index contributed by atoms with van der Waals surface area (Å²) in [6, 6.07) is 4.98. The van der Waals surface area contributed by atoms with Crippen LogP contribution in [-0.2, 0) is 29.5 Å². The van der Waals surface area contributed by atoms with Crippen molar-refractivity contribution in [3.63, 3.8) is 0 Å². The van der Waals surface area contributed by atoms with E-state index in [1.165, 1.54) is 0 Å². The van der Waals surface area contributed by atoms with Gasteiger partial charge < -0.3 is 5.73 Å². The number of aromatic nitrogens is 2. The fourth-order valence-electron chi connectivity index (χ4n) is 2.06. The number of benzene rings is 1. The Morgan fingerprint density at radius 1 is 1.33 bits per heavy atom. The van der Waals surface area contributed by atoms with E-state index in [4.69, 9.17) is 28.9 Å². The molecule has 1 aromatic carbocycles. The Hall–Kier alpha value is -1.04. The third-order valence-corrected chi connectivity index (χ3v) is 5.41. The summed E-state index contributed by atoms with van der Waals surface area (Å²) < 4.78 is 14.3. The number of rotatable bonds is 5. The van der Waals surface area contributed by atoms with E-state index >= 15 is 0 Å². The zero-order valence-electron chi connectivity index (χ0n) is 11.9. The van der Waals surface area contributed by atoms with Crippen molar-refractivity contribution in [3.8, 4) is 0 Å². The molecule has 0 aliphatic heterocycles. The van der Waals surface area contributed by atoms with Crippen LogP contribution in [0.4, 0.5) is 5.69 Å². The molecule has 0 saturated heterocycles. The van der Waals surface area contributed by atoms with Gasteiger partial charge in [-0.25, -0.2) is 0 Å². The summed E-state index contributed by atoms with van der Waals surface area (Å²) in [6.45, 7) is 4.65. The molecule has 7 heteroatoms. The molecule has 1 unspecified atom stereocenters. The van der Waals surface area contributed by atoms with Gasteiger partial charge >= 0.3 is 0 Å². The maximum Gasteiger partial charge on any atom is 0.0859 e. The van der Waals surface area contributed by atoms with Crippen LogP contribution in [0.15, 0.2) is 23.1 Å². The highest BCUT2D eigenvalue weighted by Crippen LogP contribution is 2.28. The first-order chi connectivity index (χ1) is 9.97. The molecule has 21 heavy (non-hydrogen) atoms. The number of nitrogens with zero attached hydrogens (tertiary/aromatic N) is 2. The molecule has 0 bridgehead atoms. The molecule has 0 fully saturated rings. The normalized spacial score (nSPS) is 12.6. The van der Waals surface area contributed by atoms with Crippen molar-refractivity contribution in [3.05, 3.63) is 39.6 Å². The Kier molecular flexibility index (Phi) is 5.30. The number of aryl methyl sites for hydroxylation is 2. The SMILES string of the molecule is CCc1nn(CC)c(CS(=O)c2ccc(N)cc2Cl)c1Cl. The Labute approximate surface area is 136 Å². The Morgan fingerprint density at radius 3 is 2.62 bits per heavy atom. The molecule has 114 valence electrons. The summed E-state index contributed by atoms with van der Waals surface area (Å²) in [4.78, 5) is 0.559. The van der Waals surface area contributed by atoms with Gasteiger partial charge in [-0.2, -0.15) is 5.10 Å². The topological polar surface area (TPSA) is 60.9 Å². The molecule has 1 aromatic heterocycles. The Balaban J connectivity index is 2.33. The first kappa shape index (κ1) is 16.3. The van der Waals surface area contributed by atoms with E-state index in [9.17, 15) is 4.21 Å². The number of hydrogen-bond acceptors (Lipinski definition) is 3. The zero-order valence-corrected chi connectivity index (χ0v) is 14.2. The first-order valence-electron chi connectivity index (χ1n) is 6.65. The minimum Gasteiger partial charge on any atom is -0.399 e. The van der Waals surface area contributed by atoms with Gasteiger partial charge in [-0.15, -0.1) is 0 Å². The van der Waals surface area contributed by atoms with Crippen molar-refractivity contribution >= 4 is 39.7 Å². The molecule has 0 amide bonds. The molecule has 0 saturated carbocycles. The van der Waals surface area contributed by atoms with Gasteiger partial charge in [0, 0.05) is 12.2 Å². The van der Waals surface area contributed by atoms with E-state index in [1.807, 2.05) is 13.8 Å². The third kappa shape index (κ3) is 3.42. The van der Waals surface area contributed by atoms with Crippen LogP contribution in [0.25, 0.3) is 0 Å². The monoisotopic (exact) mass is 345 g/mol. The molecule has 4 nitrogen and oxygen atoms in total. The van der Waals surface area contributed by atoms with Gasteiger partial charge in [-0.3, -0.25) is 8.89 Å². The fourth-order valence-corrected chi connectivity index (χ4v) is 4.11. The zero-order chi connectivity index (χ0) is 15.6. The maximum absolute atomic E-state index is 12.6. The second kappa shape index (κ2) is 6.81. The second-order valence-corrected chi connectivity index (χ2v) is 6.76. The van der Waals surface area contributed by atoms with Crippen LogP contribution < -0.4 is 5.73 Å². The lowest BCUT2D eigenvalue weighted by Crippen LogP contribution is -2.07. The molecule has 0 spiro atoms. The number of nitrogen functional groups attached to an aromatic ring is 1. The van der Waals surface area contributed by atoms with Crippen molar-refractivity contribution in [1.82, 2.24) is 9.78 Å². The van der Waals surface area contributed by atoms with Crippen LogP contribution in [0.2, 0.25) is 10.0 Å². The van der Waals surface area contributed by atoms with Crippen molar-refractivity contribution in [2.24, 2.45) is 0 Å². The third-order valence-electron chi connectivity index (χ3n) is 3.16. The molecule has 1 heterocycles. The van der Waals surface area contributed by atoms with Crippen LogP contribution >= 0.6 is 23.2 Å². The van der Waals surface area contributed by atoms with Gasteiger partial charge in [-0.1, -0.05) is 30.1 Å². The summed E-state index contributed by atoms with van der Waals surface area (Å²) in [5.41, 5.74) is 7.81. The van der Waals surface area contributed by atoms with E-state index < -0.39 is 10.8 Å². The van der Waals surface area contributed by atoms with E-state index in [1.54, 1.807) is 22.9 Å². The molecular weight excluding hydrogens is 329 g/mol. The van der Waals surface area contributed by atoms with Crippen LogP contribution in [0, 0.1) is 0 Å². The molecule has 0 aliphatic carbocycles. The molecule has 0 radical (unpaired) electrons. The highest BCUT2D eigenvalue weighted by Gasteiger charge is 2.18. The van der Waals surface area contributed by atoms with Crippen molar-refractivity contribution in [1.29, 1.82) is 0 Å². The minimum absolute atomic E-state index is 0.281. The van der Waals surface area contributed by atoms with E-state index in [-0.39, 0.29) is 5.75 Å². The lowest BCUT2D eigenvalue weighted by Gasteiger charge is -2.07. The van der Waals surface area contributed by atoms with Crippen LogP contribution in [0.1, 0.15) is 25.2 Å². The fraction of sp³-hybridized carbons (Fsp3) is 0.357. The maximum atomic E-state index is 12.6. The largest absolute Gasteiger partial charge is 0.399 e. The predicted octanol–water partition coefficient (Wildman–Crippen LogP) is 3.66. The van der Waals surface area contributed by atoms with Crippen molar-refractivity contribution in [2.45, 2.75) is 37.5 Å². The van der Waals surface area contributed by atoms with Crippen LogP contribution in [0.3, 0.4) is 0 Å². The van der Waals surface area contributed by atoms with Crippen LogP contribution in [0.5, 0.6) is 0 Å². The quantitative estimate of drug-likeness (QED) is 0.841. The Morgan fingerprint density at radius 2 is 2.05 bits per heavy atom. The summed E-state index contributed by atoms with van der Waals surface area (Å²) in [7, 11) is -1.30. The van der Waals surface area contributed by atoms with Gasteiger partial charge in [0.15, 0.2) is 0 Å². The van der Waals surface area contributed by atoms with E-state index in [0.29, 0.717) is 27.2 Å². The van der Waals surface area contributed by atoms with Gasteiger partial charge in [-0.05, 0) is 31.5 Å². The number of anilines is 1. The van der Waals surface area contributed by atoms with Crippen molar-refractivity contribution < 1.29 is 4.21 Å². The molecule has 2 aromatic rings. The van der Waals surface area contributed by atoms with Gasteiger partial charge in [0.25, 0.3) is 0 Å². The number of halogens is 2. The molecule has 1 atom stereocenters. The molecule has 0 aliphatic rings. The average Bonchev–Trinajstić information content (AvgIpc) is 2.75. The minimum atomic E-state index is -1.30. The van der Waals surface area contributed by atoms with Gasteiger partial charge in [0.1, 0.15) is 0 Å². The second-order valence-electron chi connectivity index (χ2n) is 4.56. The lowest BCUT2D eigenvalue weighted by molar-refractivity contribution is 0.623. The average molecular weight is 346 g/mol. The molecule has 2 N–H and O–H groups in total. The highest BCUT2D eigenvalue weighted by atomic mass is 35.5. The summed E-state index contributed by atoms with van der Waals surface area (Å²) in [6.07, 6.45) is 0.744. The van der Waals surface area contributed by atoms with E-state index in [0.717, 1.165) is 17.8 Å². The van der Waals surface area contributed by atoms with Crippen LogP contribution in [-0.4, -0.2) is 14.0 Å². The standard InChI is InChI=1S/C14H17Cl2N3OS/c1-3-11-14(16)12(19(4-2)18-11)8-21(20)13-6-5-9(17)7-10(13)15/h5-7H,3-4,8,17H2,1-2H3.